The molecule has 0 heterocycles. The monoisotopic (exact) mass is 396 g/mol. The van der Waals surface area contributed by atoms with Gasteiger partial charge in [-0.25, -0.2) is 0 Å². The van der Waals surface area contributed by atoms with Crippen LogP contribution in [0.3, 0.4) is 0 Å². The van der Waals surface area contributed by atoms with E-state index in [1.807, 2.05) is 0 Å². The summed E-state index contributed by atoms with van der Waals surface area (Å²) < 4.78 is 0. The summed E-state index contributed by atoms with van der Waals surface area (Å²) in [5.41, 5.74) is 3.79. The Kier molecular flexibility index (Phi) is 5.53. The van der Waals surface area contributed by atoms with Crippen LogP contribution in [-0.2, 0) is 0 Å². The van der Waals surface area contributed by atoms with Gasteiger partial charge >= 0.3 is 169 Å². The van der Waals surface area contributed by atoms with Gasteiger partial charge < -0.3 is 0 Å². The van der Waals surface area contributed by atoms with Crippen LogP contribution in [0.1, 0.15) is 30.5 Å². The molecular weight excluding hydrogens is 367 g/mol. The van der Waals surface area contributed by atoms with Crippen molar-refractivity contribution < 1.29 is 0 Å². The molecular formula is C25H30ClP. The van der Waals surface area contributed by atoms with Crippen molar-refractivity contribution in [1.82, 2.24) is 0 Å². The van der Waals surface area contributed by atoms with E-state index in [-0.39, 0.29) is 0 Å². The molecule has 27 heavy (non-hydrogen) atoms. The second kappa shape index (κ2) is 7.42. The van der Waals surface area contributed by atoms with Crippen molar-refractivity contribution in [1.29, 1.82) is 0 Å². The van der Waals surface area contributed by atoms with Gasteiger partial charge in [-0.2, -0.15) is 0 Å². The normalized spacial score (nSPS) is 13.4. The van der Waals surface area contributed by atoms with Crippen molar-refractivity contribution in [3.05, 3.63) is 89.5 Å². The molecule has 0 nitrogen and oxygen atoms in total. The number of hydrogen-bond donors (Lipinski definition) is 0. The van der Waals surface area contributed by atoms with Crippen molar-refractivity contribution >= 4 is 33.1 Å². The molecule has 0 unspecified atom stereocenters. The van der Waals surface area contributed by atoms with Crippen LogP contribution in [0.2, 0.25) is 0 Å². The van der Waals surface area contributed by atoms with Crippen LogP contribution < -0.4 is 15.9 Å². The van der Waals surface area contributed by atoms with E-state index in [0.717, 1.165) is 6.16 Å². The number of halogens is 1. The van der Waals surface area contributed by atoms with Gasteiger partial charge in [0.15, 0.2) is 0 Å². The number of hydrogen-bond acceptors (Lipinski definition) is 0. The molecule has 0 spiro atoms. The Bertz CT molecular complexity index is 792. The Morgan fingerprint density at radius 2 is 0.852 bits per heavy atom. The molecule has 0 saturated carbocycles. The van der Waals surface area contributed by atoms with E-state index in [1.54, 1.807) is 0 Å². The van der Waals surface area contributed by atoms with Gasteiger partial charge in [-0.1, -0.05) is 0 Å². The van der Waals surface area contributed by atoms with Gasteiger partial charge in [0, 0.05) is 0 Å². The number of aryl methyl sites for hydroxylation is 3. The first-order valence-corrected chi connectivity index (χ1v) is 13.0. The van der Waals surface area contributed by atoms with Crippen LogP contribution in [-0.4, -0.2) is 6.16 Å². The summed E-state index contributed by atoms with van der Waals surface area (Å²) in [4.78, 5) is 0. The molecule has 3 aromatic carbocycles. The van der Waals surface area contributed by atoms with E-state index in [2.05, 4.69) is 107 Å². The summed E-state index contributed by atoms with van der Waals surface area (Å²) in [6, 6.07) is 26.7. The van der Waals surface area contributed by atoms with Crippen LogP contribution in [0.4, 0.5) is 0 Å². The molecule has 0 bridgehead atoms. The van der Waals surface area contributed by atoms with Crippen molar-refractivity contribution in [2.24, 2.45) is 5.92 Å². The minimum atomic E-state index is -3.10. The van der Waals surface area contributed by atoms with E-state index in [0.29, 0.717) is 5.92 Å². The van der Waals surface area contributed by atoms with Gasteiger partial charge in [0.1, 0.15) is 0 Å². The third-order valence-electron chi connectivity index (χ3n) is 5.43. The molecule has 142 valence electrons. The molecule has 0 aromatic heterocycles. The summed E-state index contributed by atoms with van der Waals surface area (Å²) in [7, 11) is 0. The zero-order valence-corrected chi connectivity index (χ0v) is 18.7. The van der Waals surface area contributed by atoms with Crippen LogP contribution in [0.25, 0.3) is 0 Å². The van der Waals surface area contributed by atoms with E-state index >= 15 is 0 Å². The van der Waals surface area contributed by atoms with Crippen molar-refractivity contribution in [3.8, 4) is 0 Å². The average molecular weight is 397 g/mol. The zero-order chi connectivity index (χ0) is 19.7. The predicted octanol–water partition coefficient (Wildman–Crippen LogP) is 6.25. The minimum absolute atomic E-state index is 0.476. The third kappa shape index (κ3) is 3.58. The molecule has 0 aliphatic heterocycles. The topological polar surface area (TPSA) is 0 Å². The van der Waals surface area contributed by atoms with Gasteiger partial charge in [-0.3, -0.25) is 0 Å². The van der Waals surface area contributed by atoms with Crippen LogP contribution in [0.5, 0.6) is 0 Å². The summed E-state index contributed by atoms with van der Waals surface area (Å²) in [6.45, 7) is 11.0. The number of rotatable bonds is 5. The van der Waals surface area contributed by atoms with E-state index in [4.69, 9.17) is 11.2 Å². The van der Waals surface area contributed by atoms with Gasteiger partial charge in [0.05, 0.1) is 0 Å². The molecule has 0 fully saturated rings. The Labute approximate surface area is 169 Å². The van der Waals surface area contributed by atoms with Crippen molar-refractivity contribution in [2.45, 2.75) is 34.6 Å². The Morgan fingerprint density at radius 1 is 0.593 bits per heavy atom. The molecule has 0 atom stereocenters. The van der Waals surface area contributed by atoms with Crippen molar-refractivity contribution in [2.75, 3.05) is 6.16 Å². The molecule has 2 heteroatoms. The van der Waals surface area contributed by atoms with Crippen LogP contribution in [0.15, 0.2) is 72.8 Å². The molecule has 3 aromatic rings. The standard InChI is InChI=1S/C25H30ClP/c1-19(2)18-27(26,23-12-6-20(3)7-13-23,24-14-8-21(4)9-15-24)25-16-10-22(5)11-17-25/h6-17,19H,18H2,1-5H3. The van der Waals surface area contributed by atoms with Crippen LogP contribution >= 0.6 is 17.2 Å². The Balaban J connectivity index is 2.42. The molecule has 3 rings (SSSR count). The van der Waals surface area contributed by atoms with Gasteiger partial charge in [-0.15, -0.1) is 0 Å². The first-order valence-electron chi connectivity index (χ1n) is 9.68. The second-order valence-electron chi connectivity index (χ2n) is 8.27. The van der Waals surface area contributed by atoms with E-state index < -0.39 is 5.96 Å². The fourth-order valence-electron chi connectivity index (χ4n) is 4.02. The van der Waals surface area contributed by atoms with Crippen molar-refractivity contribution in [3.63, 3.8) is 0 Å². The maximum atomic E-state index is 8.06. The summed E-state index contributed by atoms with van der Waals surface area (Å²) in [5, 5.41) is 3.78. The van der Waals surface area contributed by atoms with Gasteiger partial charge in [0.2, 0.25) is 0 Å². The second-order valence-corrected chi connectivity index (χ2v) is 14.8. The zero-order valence-electron chi connectivity index (χ0n) is 17.0. The van der Waals surface area contributed by atoms with Gasteiger partial charge in [0.25, 0.3) is 0 Å². The molecule has 0 aliphatic carbocycles. The van der Waals surface area contributed by atoms with E-state index in [9.17, 15) is 0 Å². The molecule has 0 aliphatic rings. The Hall–Kier alpha value is -1.62. The third-order valence-corrected chi connectivity index (χ3v) is 13.1. The average Bonchev–Trinajstić information content (AvgIpc) is 2.62. The summed E-state index contributed by atoms with van der Waals surface area (Å²) in [5.74, 6) is -2.62. The SMILES string of the molecule is Cc1ccc(P(Cl)(CC(C)C)(c2ccc(C)cc2)c2ccc(C)cc2)cc1. The summed E-state index contributed by atoms with van der Waals surface area (Å²) >= 11 is 8.06. The van der Waals surface area contributed by atoms with Crippen LogP contribution in [0, 0.1) is 26.7 Å². The molecule has 0 radical (unpaired) electrons. The fourth-order valence-corrected chi connectivity index (χ4v) is 11.1. The Morgan fingerprint density at radius 3 is 1.07 bits per heavy atom. The first kappa shape index (κ1) is 20.1. The first-order chi connectivity index (χ1) is 12.7. The molecule has 0 saturated heterocycles. The molecule has 0 amide bonds. The molecule has 0 N–H and O–H groups in total. The van der Waals surface area contributed by atoms with Gasteiger partial charge in [-0.05, 0) is 0 Å². The number of benzene rings is 3. The fraction of sp³-hybridized carbons (Fsp3) is 0.280. The summed E-state index contributed by atoms with van der Waals surface area (Å²) in [6.07, 6.45) is 0.947. The van der Waals surface area contributed by atoms with E-state index in [1.165, 1.54) is 32.6 Å². The maximum absolute atomic E-state index is 8.06. The predicted molar refractivity (Wildman–Crippen MR) is 125 cm³/mol. The quantitative estimate of drug-likeness (QED) is 0.447.